The highest BCUT2D eigenvalue weighted by Gasteiger charge is 2.13. The molecule has 2 N–H and O–H groups in total. The number of aliphatic hydroxyl groups excluding tert-OH is 1. The SMILES string of the molecule is Cc1ccc(CO)cc1NC(=O)c1ncn(-c2ccccc2)n1. The lowest BCUT2D eigenvalue weighted by Crippen LogP contribution is -2.15. The summed E-state index contributed by atoms with van der Waals surface area (Å²) in [6.45, 7) is 1.80. The number of anilines is 1. The van der Waals surface area contributed by atoms with Crippen molar-refractivity contribution in [1.82, 2.24) is 14.8 Å². The first-order valence-corrected chi connectivity index (χ1v) is 7.16. The van der Waals surface area contributed by atoms with Crippen molar-refractivity contribution in [3.8, 4) is 5.69 Å². The largest absolute Gasteiger partial charge is 0.392 e. The number of benzene rings is 2. The van der Waals surface area contributed by atoms with Crippen molar-refractivity contribution in [2.45, 2.75) is 13.5 Å². The molecule has 3 aromatic rings. The van der Waals surface area contributed by atoms with Crippen LogP contribution >= 0.6 is 0 Å². The fourth-order valence-electron chi connectivity index (χ4n) is 2.15. The van der Waals surface area contributed by atoms with Gasteiger partial charge in [-0.05, 0) is 36.2 Å². The van der Waals surface area contributed by atoms with Gasteiger partial charge in [0.05, 0.1) is 12.3 Å². The van der Waals surface area contributed by atoms with Crippen LogP contribution in [0, 0.1) is 6.92 Å². The third-order valence-corrected chi connectivity index (χ3v) is 3.45. The topological polar surface area (TPSA) is 80.0 Å². The van der Waals surface area contributed by atoms with E-state index in [1.54, 1.807) is 10.7 Å². The van der Waals surface area contributed by atoms with Gasteiger partial charge < -0.3 is 10.4 Å². The van der Waals surface area contributed by atoms with E-state index in [9.17, 15) is 9.90 Å². The van der Waals surface area contributed by atoms with Gasteiger partial charge in [-0.25, -0.2) is 9.67 Å². The second kappa shape index (κ2) is 6.41. The number of aryl methyl sites for hydroxylation is 1. The van der Waals surface area contributed by atoms with Crippen molar-refractivity contribution in [3.05, 3.63) is 71.8 Å². The number of hydrogen-bond donors (Lipinski definition) is 2. The number of nitrogens with zero attached hydrogens (tertiary/aromatic N) is 3. The quantitative estimate of drug-likeness (QED) is 0.775. The predicted molar refractivity (Wildman–Crippen MR) is 86.4 cm³/mol. The molecule has 0 atom stereocenters. The fourth-order valence-corrected chi connectivity index (χ4v) is 2.15. The van der Waals surface area contributed by atoms with Crippen LogP contribution in [0.4, 0.5) is 5.69 Å². The van der Waals surface area contributed by atoms with Crippen LogP contribution < -0.4 is 5.32 Å². The molecule has 0 aliphatic rings. The molecule has 0 aliphatic carbocycles. The Bertz CT molecular complexity index is 828. The highest BCUT2D eigenvalue weighted by Crippen LogP contribution is 2.17. The third kappa shape index (κ3) is 3.27. The molecule has 0 spiro atoms. The van der Waals surface area contributed by atoms with Gasteiger partial charge in [-0.2, -0.15) is 0 Å². The Balaban J connectivity index is 1.81. The molecule has 0 fully saturated rings. The van der Waals surface area contributed by atoms with Crippen LogP contribution in [0.15, 0.2) is 54.9 Å². The summed E-state index contributed by atoms with van der Waals surface area (Å²) in [7, 11) is 0. The number of carbonyl (C=O) groups is 1. The van der Waals surface area contributed by atoms with E-state index in [4.69, 9.17) is 0 Å². The lowest BCUT2D eigenvalue weighted by molar-refractivity contribution is 0.101. The van der Waals surface area contributed by atoms with Gasteiger partial charge in [-0.15, -0.1) is 5.10 Å². The van der Waals surface area contributed by atoms with Gasteiger partial charge in [-0.1, -0.05) is 30.3 Å². The molecule has 0 aliphatic heterocycles. The van der Waals surface area contributed by atoms with E-state index in [0.717, 1.165) is 16.8 Å². The Kier molecular flexibility index (Phi) is 4.16. The van der Waals surface area contributed by atoms with Crippen LogP contribution in [-0.4, -0.2) is 25.8 Å². The van der Waals surface area contributed by atoms with E-state index in [-0.39, 0.29) is 12.4 Å². The molecule has 3 rings (SSSR count). The van der Waals surface area contributed by atoms with Gasteiger partial charge in [0.2, 0.25) is 5.82 Å². The fraction of sp³-hybridized carbons (Fsp3) is 0.118. The summed E-state index contributed by atoms with van der Waals surface area (Å²) in [5.41, 5.74) is 3.10. The molecule has 1 amide bonds. The Morgan fingerprint density at radius 1 is 1.22 bits per heavy atom. The molecule has 1 aromatic heterocycles. The van der Waals surface area contributed by atoms with Crippen LogP contribution in [0.2, 0.25) is 0 Å². The van der Waals surface area contributed by atoms with E-state index in [0.29, 0.717) is 5.69 Å². The lowest BCUT2D eigenvalue weighted by atomic mass is 10.1. The molecule has 0 saturated carbocycles. The molecule has 6 nitrogen and oxygen atoms in total. The Morgan fingerprint density at radius 2 is 2.00 bits per heavy atom. The summed E-state index contributed by atoms with van der Waals surface area (Å²) in [5.74, 6) is -0.305. The maximum absolute atomic E-state index is 12.3. The molecule has 23 heavy (non-hydrogen) atoms. The van der Waals surface area contributed by atoms with Crippen molar-refractivity contribution in [2.24, 2.45) is 0 Å². The number of nitrogens with one attached hydrogen (secondary N) is 1. The summed E-state index contributed by atoms with van der Waals surface area (Å²) in [6.07, 6.45) is 1.50. The van der Waals surface area contributed by atoms with Gasteiger partial charge in [-0.3, -0.25) is 4.79 Å². The van der Waals surface area contributed by atoms with Crippen molar-refractivity contribution >= 4 is 11.6 Å². The van der Waals surface area contributed by atoms with Crippen molar-refractivity contribution in [1.29, 1.82) is 0 Å². The first-order chi connectivity index (χ1) is 11.2. The van der Waals surface area contributed by atoms with Crippen LogP contribution in [0.1, 0.15) is 21.7 Å². The summed E-state index contributed by atoms with van der Waals surface area (Å²) in [5, 5.41) is 16.2. The normalized spacial score (nSPS) is 10.5. The average molecular weight is 308 g/mol. The zero-order valence-corrected chi connectivity index (χ0v) is 12.6. The highest BCUT2D eigenvalue weighted by atomic mass is 16.3. The van der Waals surface area contributed by atoms with Crippen LogP contribution in [0.25, 0.3) is 5.69 Å². The minimum atomic E-state index is -0.391. The smallest absolute Gasteiger partial charge is 0.295 e. The standard InChI is InChI=1S/C17H16N4O2/c1-12-7-8-13(10-22)9-15(12)19-17(23)16-18-11-21(20-16)14-5-3-2-4-6-14/h2-9,11,22H,10H2,1H3,(H,19,23). The molecule has 6 heteroatoms. The Hall–Kier alpha value is -2.99. The van der Waals surface area contributed by atoms with E-state index >= 15 is 0 Å². The second-order valence-corrected chi connectivity index (χ2v) is 5.11. The van der Waals surface area contributed by atoms with Crippen LogP contribution in [-0.2, 0) is 6.61 Å². The maximum Gasteiger partial charge on any atom is 0.295 e. The molecular formula is C17H16N4O2. The van der Waals surface area contributed by atoms with Gasteiger partial charge in [0.15, 0.2) is 0 Å². The lowest BCUT2D eigenvalue weighted by Gasteiger charge is -2.08. The van der Waals surface area contributed by atoms with Gasteiger partial charge in [0.1, 0.15) is 6.33 Å². The van der Waals surface area contributed by atoms with E-state index in [1.807, 2.05) is 49.4 Å². The predicted octanol–water partition coefficient (Wildman–Crippen LogP) is 2.32. The Labute approximate surface area is 133 Å². The number of aromatic nitrogens is 3. The molecule has 116 valence electrons. The monoisotopic (exact) mass is 308 g/mol. The third-order valence-electron chi connectivity index (χ3n) is 3.45. The number of rotatable bonds is 4. The molecule has 0 saturated heterocycles. The molecule has 2 aromatic carbocycles. The van der Waals surface area contributed by atoms with Crippen LogP contribution in [0.3, 0.4) is 0 Å². The zero-order valence-electron chi connectivity index (χ0n) is 12.6. The van der Waals surface area contributed by atoms with E-state index < -0.39 is 5.91 Å². The molecular weight excluding hydrogens is 292 g/mol. The van der Waals surface area contributed by atoms with Crippen molar-refractivity contribution in [3.63, 3.8) is 0 Å². The second-order valence-electron chi connectivity index (χ2n) is 5.11. The highest BCUT2D eigenvalue weighted by molar-refractivity contribution is 6.01. The minimum Gasteiger partial charge on any atom is -0.392 e. The number of amides is 1. The molecule has 0 bridgehead atoms. The molecule has 1 heterocycles. The maximum atomic E-state index is 12.3. The minimum absolute atomic E-state index is 0.0793. The summed E-state index contributed by atoms with van der Waals surface area (Å²) in [6, 6.07) is 14.8. The first kappa shape index (κ1) is 14.9. The van der Waals surface area contributed by atoms with Gasteiger partial charge >= 0.3 is 0 Å². The van der Waals surface area contributed by atoms with E-state index in [2.05, 4.69) is 15.4 Å². The van der Waals surface area contributed by atoms with E-state index in [1.165, 1.54) is 6.33 Å². The van der Waals surface area contributed by atoms with Crippen LogP contribution in [0.5, 0.6) is 0 Å². The zero-order chi connectivity index (χ0) is 16.2. The summed E-state index contributed by atoms with van der Waals surface area (Å²) >= 11 is 0. The number of hydrogen-bond acceptors (Lipinski definition) is 4. The van der Waals surface area contributed by atoms with Crippen molar-refractivity contribution in [2.75, 3.05) is 5.32 Å². The van der Waals surface area contributed by atoms with Gasteiger partial charge in [0.25, 0.3) is 5.91 Å². The first-order valence-electron chi connectivity index (χ1n) is 7.16. The molecule has 0 unspecified atom stereocenters. The molecule has 0 radical (unpaired) electrons. The van der Waals surface area contributed by atoms with Gasteiger partial charge in [0, 0.05) is 5.69 Å². The summed E-state index contributed by atoms with van der Waals surface area (Å²) < 4.78 is 1.55. The summed E-state index contributed by atoms with van der Waals surface area (Å²) in [4.78, 5) is 16.3. The number of para-hydroxylation sites is 1. The van der Waals surface area contributed by atoms with Crippen molar-refractivity contribution < 1.29 is 9.90 Å². The average Bonchev–Trinajstić information content (AvgIpc) is 3.08. The Morgan fingerprint density at radius 3 is 2.74 bits per heavy atom. The number of aliphatic hydroxyl groups is 1. The number of carbonyl (C=O) groups excluding carboxylic acids is 1.